The summed E-state index contributed by atoms with van der Waals surface area (Å²) in [6.07, 6.45) is 3.76. The van der Waals surface area contributed by atoms with Gasteiger partial charge in [0.1, 0.15) is 17.1 Å². The zero-order chi connectivity index (χ0) is 21.6. The highest BCUT2D eigenvalue weighted by atomic mass is 32.1. The first kappa shape index (κ1) is 21.7. The van der Waals surface area contributed by atoms with E-state index in [4.69, 9.17) is 4.74 Å². The minimum atomic E-state index is -0.384. The Labute approximate surface area is 190 Å². The first-order valence-corrected chi connectivity index (χ1v) is 12.4. The Bertz CT molecular complexity index is 1020. The third-order valence-electron chi connectivity index (χ3n) is 5.46. The lowest BCUT2D eigenvalue weighted by molar-refractivity contribution is -0.918. The molecule has 1 saturated heterocycles. The molecule has 1 aliphatic heterocycles. The van der Waals surface area contributed by atoms with Gasteiger partial charge in [0, 0.05) is 16.0 Å². The Morgan fingerprint density at radius 3 is 2.52 bits per heavy atom. The molecule has 4 rings (SSSR count). The van der Waals surface area contributed by atoms with Gasteiger partial charge in [0.05, 0.1) is 24.6 Å². The summed E-state index contributed by atoms with van der Waals surface area (Å²) in [5, 5.41) is 5.59. The molecule has 1 amide bonds. The van der Waals surface area contributed by atoms with E-state index in [9.17, 15) is 9.59 Å². The maximum absolute atomic E-state index is 13.0. The highest BCUT2D eigenvalue weighted by Crippen LogP contribution is 2.42. The zero-order valence-corrected chi connectivity index (χ0v) is 19.2. The largest absolute Gasteiger partial charge is 0.462 e. The van der Waals surface area contributed by atoms with Gasteiger partial charge in [-0.2, -0.15) is 0 Å². The highest BCUT2D eigenvalue weighted by molar-refractivity contribution is 7.18. The van der Waals surface area contributed by atoms with E-state index in [1.807, 2.05) is 35.7 Å². The lowest BCUT2D eigenvalue weighted by Crippen LogP contribution is -3.11. The van der Waals surface area contributed by atoms with Crippen LogP contribution in [0, 0.1) is 0 Å². The predicted molar refractivity (Wildman–Crippen MR) is 126 cm³/mol. The van der Waals surface area contributed by atoms with Crippen LogP contribution in [0.4, 0.5) is 5.00 Å². The number of likely N-dealkylation sites (tertiary alicyclic amines) is 1. The number of ether oxygens (including phenoxy) is 1. The molecule has 0 bridgehead atoms. The van der Waals surface area contributed by atoms with Crippen molar-refractivity contribution < 1.29 is 19.2 Å². The van der Waals surface area contributed by atoms with E-state index in [1.165, 1.54) is 35.5 Å². The van der Waals surface area contributed by atoms with Crippen LogP contribution in [0.3, 0.4) is 0 Å². The number of rotatable bonds is 7. The SMILES string of the molecule is CCOC(=O)c1c(NC(=O)c2ccccc2)sc(C[NH+]2CCCCC2)c1-c1cccs1. The van der Waals surface area contributed by atoms with E-state index in [2.05, 4.69) is 5.32 Å². The minimum Gasteiger partial charge on any atom is -0.462 e. The second kappa shape index (κ2) is 10.2. The number of carbonyl (C=O) groups is 2. The van der Waals surface area contributed by atoms with Crippen molar-refractivity contribution in [3.05, 3.63) is 63.8 Å². The lowest BCUT2D eigenvalue weighted by Gasteiger charge is -2.23. The van der Waals surface area contributed by atoms with Crippen molar-refractivity contribution in [2.75, 3.05) is 25.0 Å². The second-order valence-electron chi connectivity index (χ2n) is 7.61. The molecule has 2 aromatic heterocycles. The molecule has 3 heterocycles. The lowest BCUT2D eigenvalue weighted by atomic mass is 10.1. The second-order valence-corrected chi connectivity index (χ2v) is 9.66. The van der Waals surface area contributed by atoms with Gasteiger partial charge in [-0.25, -0.2) is 4.79 Å². The highest BCUT2D eigenvalue weighted by Gasteiger charge is 2.30. The number of anilines is 1. The van der Waals surface area contributed by atoms with Crippen LogP contribution in [0.1, 0.15) is 51.8 Å². The fraction of sp³-hybridized carbons (Fsp3) is 0.333. The van der Waals surface area contributed by atoms with Crippen LogP contribution in [0.2, 0.25) is 0 Å². The predicted octanol–water partition coefficient (Wildman–Crippen LogP) is 4.47. The van der Waals surface area contributed by atoms with Crippen molar-refractivity contribution in [1.82, 2.24) is 0 Å². The number of hydrogen-bond donors (Lipinski definition) is 2. The first-order chi connectivity index (χ1) is 15.2. The van der Waals surface area contributed by atoms with E-state index in [0.29, 0.717) is 16.1 Å². The van der Waals surface area contributed by atoms with E-state index in [0.717, 1.165) is 35.0 Å². The van der Waals surface area contributed by atoms with Crippen LogP contribution in [-0.4, -0.2) is 31.6 Å². The van der Waals surface area contributed by atoms with E-state index < -0.39 is 0 Å². The zero-order valence-electron chi connectivity index (χ0n) is 17.6. The van der Waals surface area contributed by atoms with Crippen molar-refractivity contribution in [2.24, 2.45) is 0 Å². The van der Waals surface area contributed by atoms with Gasteiger partial charge >= 0.3 is 5.97 Å². The summed E-state index contributed by atoms with van der Waals surface area (Å²) in [7, 11) is 0. The Kier molecular flexibility index (Phi) is 7.17. The molecule has 0 saturated carbocycles. The monoisotopic (exact) mass is 455 g/mol. The van der Waals surface area contributed by atoms with Crippen molar-refractivity contribution in [3.63, 3.8) is 0 Å². The quantitative estimate of drug-likeness (QED) is 0.517. The summed E-state index contributed by atoms with van der Waals surface area (Å²) in [5.74, 6) is -0.604. The molecule has 1 aliphatic rings. The molecular weight excluding hydrogens is 428 g/mol. The van der Waals surface area contributed by atoms with E-state index >= 15 is 0 Å². The van der Waals surface area contributed by atoms with Crippen LogP contribution >= 0.6 is 22.7 Å². The van der Waals surface area contributed by atoms with Gasteiger partial charge in [0.15, 0.2) is 0 Å². The van der Waals surface area contributed by atoms with Gasteiger partial charge in [-0.1, -0.05) is 24.3 Å². The first-order valence-electron chi connectivity index (χ1n) is 10.7. The van der Waals surface area contributed by atoms with Crippen molar-refractivity contribution in [2.45, 2.75) is 32.7 Å². The Morgan fingerprint density at radius 1 is 1.06 bits per heavy atom. The third-order valence-corrected chi connectivity index (χ3v) is 7.46. The van der Waals surface area contributed by atoms with Gasteiger partial charge in [-0.3, -0.25) is 4.79 Å². The average Bonchev–Trinajstić information content (AvgIpc) is 3.43. The molecule has 31 heavy (non-hydrogen) atoms. The smallest absolute Gasteiger partial charge is 0.341 e. The van der Waals surface area contributed by atoms with Crippen LogP contribution in [0.5, 0.6) is 0 Å². The molecule has 7 heteroatoms. The van der Waals surface area contributed by atoms with Crippen LogP contribution in [0.25, 0.3) is 10.4 Å². The van der Waals surface area contributed by atoms with Gasteiger partial charge in [-0.05, 0) is 49.8 Å². The number of piperidine rings is 1. The van der Waals surface area contributed by atoms with Crippen LogP contribution in [-0.2, 0) is 11.3 Å². The summed E-state index contributed by atoms with van der Waals surface area (Å²) in [4.78, 5) is 29.6. The topological polar surface area (TPSA) is 59.8 Å². The average molecular weight is 456 g/mol. The summed E-state index contributed by atoms with van der Waals surface area (Å²) in [5.41, 5.74) is 1.96. The molecule has 0 aliphatic carbocycles. The molecular formula is C24H27N2O3S2+. The normalized spacial score (nSPS) is 14.4. The number of benzene rings is 1. The standard InChI is InChI=1S/C24H26N2O3S2/c1-2-29-24(28)21-20(18-12-9-15-30-18)19(16-26-13-7-4-8-14-26)31-23(21)25-22(27)17-10-5-3-6-11-17/h3,5-6,9-12,15H,2,4,7-8,13-14,16H2,1H3,(H,25,27)/p+1. The van der Waals surface area contributed by atoms with Crippen LogP contribution < -0.4 is 10.2 Å². The van der Waals surface area contributed by atoms with Gasteiger partial charge < -0.3 is 15.0 Å². The molecule has 0 spiro atoms. The maximum Gasteiger partial charge on any atom is 0.341 e. The fourth-order valence-corrected chi connectivity index (χ4v) is 6.13. The Morgan fingerprint density at radius 2 is 1.84 bits per heavy atom. The van der Waals surface area contributed by atoms with Gasteiger partial charge in [0.2, 0.25) is 0 Å². The van der Waals surface area contributed by atoms with Crippen molar-refractivity contribution in [3.8, 4) is 10.4 Å². The summed E-state index contributed by atoms with van der Waals surface area (Å²) in [6.45, 7) is 5.23. The number of nitrogens with one attached hydrogen (secondary N) is 2. The molecule has 0 unspecified atom stereocenters. The Hall–Kier alpha value is -2.48. The number of carbonyl (C=O) groups excluding carboxylic acids is 2. The van der Waals surface area contributed by atoms with Crippen LogP contribution in [0.15, 0.2) is 47.8 Å². The molecule has 0 atom stereocenters. The summed E-state index contributed by atoms with van der Waals surface area (Å²) < 4.78 is 5.41. The van der Waals surface area contributed by atoms with Crippen molar-refractivity contribution >= 4 is 39.6 Å². The van der Waals surface area contributed by atoms with E-state index in [1.54, 1.807) is 30.4 Å². The maximum atomic E-state index is 13.0. The number of quaternary nitrogens is 1. The molecule has 5 nitrogen and oxygen atoms in total. The molecule has 162 valence electrons. The number of amides is 1. The van der Waals surface area contributed by atoms with E-state index in [-0.39, 0.29) is 18.5 Å². The van der Waals surface area contributed by atoms with Gasteiger partial charge in [-0.15, -0.1) is 22.7 Å². The number of esters is 1. The van der Waals surface area contributed by atoms with Crippen molar-refractivity contribution in [1.29, 1.82) is 0 Å². The summed E-state index contributed by atoms with van der Waals surface area (Å²) in [6, 6.07) is 13.1. The number of thiophene rings is 2. The van der Waals surface area contributed by atoms with Gasteiger partial charge in [0.25, 0.3) is 5.91 Å². The Balaban J connectivity index is 1.76. The molecule has 2 N–H and O–H groups in total. The minimum absolute atomic E-state index is 0.220. The molecule has 1 aromatic carbocycles. The summed E-state index contributed by atoms with van der Waals surface area (Å²) >= 11 is 3.12. The number of hydrogen-bond acceptors (Lipinski definition) is 5. The molecule has 0 radical (unpaired) electrons. The molecule has 1 fully saturated rings. The molecule has 3 aromatic rings. The third kappa shape index (κ3) is 5.06. The fourth-order valence-electron chi connectivity index (χ4n) is 3.99.